The minimum absolute atomic E-state index is 0.102. The molecule has 4 heteroatoms. The van der Waals surface area contributed by atoms with Crippen LogP contribution in [-0.2, 0) is 10.7 Å². The fourth-order valence-corrected chi connectivity index (χ4v) is 2.29. The van der Waals surface area contributed by atoms with Crippen molar-refractivity contribution in [1.82, 2.24) is 0 Å². The summed E-state index contributed by atoms with van der Waals surface area (Å²) >= 11 is 0. The van der Waals surface area contributed by atoms with E-state index < -0.39 is 16.9 Å². The first kappa shape index (κ1) is 9.71. The van der Waals surface area contributed by atoms with Crippen LogP contribution in [0.5, 0.6) is 0 Å². The Kier molecular flexibility index (Phi) is 3.26. The van der Waals surface area contributed by atoms with Crippen molar-refractivity contribution in [3.05, 3.63) is 12.2 Å². The summed E-state index contributed by atoms with van der Waals surface area (Å²) in [5.74, 6) is 0.284. The van der Waals surface area contributed by atoms with E-state index in [0.717, 1.165) is 0 Å². The second-order valence-electron chi connectivity index (χ2n) is 3.29. The molecule has 2 atom stereocenters. The van der Waals surface area contributed by atoms with Crippen LogP contribution < -0.4 is 0 Å². The second-order valence-corrected chi connectivity index (χ2v) is 4.32. The molecule has 1 rings (SSSR count). The van der Waals surface area contributed by atoms with Gasteiger partial charge >= 0.3 is 0 Å². The predicted molar refractivity (Wildman–Crippen MR) is 46.6 cm³/mol. The van der Waals surface area contributed by atoms with Crippen LogP contribution in [0, 0.1) is 5.92 Å². The first-order valence-corrected chi connectivity index (χ1v) is 5.39. The van der Waals surface area contributed by atoms with Crippen molar-refractivity contribution < 1.29 is 12.8 Å². The molecule has 1 aliphatic carbocycles. The number of allylic oxidation sites excluding steroid dienone is 1. The summed E-state index contributed by atoms with van der Waals surface area (Å²) in [7, 11) is -2.32. The zero-order valence-electron chi connectivity index (χ0n) is 6.83. The highest BCUT2D eigenvalue weighted by Crippen LogP contribution is 2.29. The van der Waals surface area contributed by atoms with Gasteiger partial charge in [-0.25, -0.2) is 12.8 Å². The minimum Gasteiger partial charge on any atom is -0.243 e. The standard InChI is InChI=1S/C8H13FO2S/c1-6-4-7(5-12(10)11)2-3-8(6)9/h7-8,12H,1-5H2. The van der Waals surface area contributed by atoms with E-state index in [1.165, 1.54) is 0 Å². The van der Waals surface area contributed by atoms with Crippen molar-refractivity contribution in [3.8, 4) is 0 Å². The summed E-state index contributed by atoms with van der Waals surface area (Å²) in [6.07, 6.45) is 0.728. The molecule has 0 radical (unpaired) electrons. The van der Waals surface area contributed by atoms with Gasteiger partial charge < -0.3 is 0 Å². The molecule has 12 heavy (non-hydrogen) atoms. The van der Waals surface area contributed by atoms with Gasteiger partial charge in [0.2, 0.25) is 0 Å². The molecule has 0 bridgehead atoms. The number of rotatable bonds is 2. The third-order valence-electron chi connectivity index (χ3n) is 2.23. The van der Waals surface area contributed by atoms with E-state index in [9.17, 15) is 12.8 Å². The maximum absolute atomic E-state index is 12.8. The molecule has 1 aliphatic rings. The van der Waals surface area contributed by atoms with Gasteiger partial charge in [-0.3, -0.25) is 0 Å². The SMILES string of the molecule is C=C1CC(C[SH](=O)=O)CCC1F. The quantitative estimate of drug-likeness (QED) is 0.528. The summed E-state index contributed by atoms with van der Waals surface area (Å²) in [6.45, 7) is 3.58. The molecule has 2 unspecified atom stereocenters. The van der Waals surface area contributed by atoms with Gasteiger partial charge in [-0.2, -0.15) is 0 Å². The van der Waals surface area contributed by atoms with E-state index in [2.05, 4.69) is 6.58 Å². The molecule has 70 valence electrons. The molecule has 0 N–H and O–H groups in total. The molecule has 0 heterocycles. The molecule has 1 saturated carbocycles. The molecular weight excluding hydrogens is 179 g/mol. The summed E-state index contributed by atoms with van der Waals surface area (Å²) in [4.78, 5) is 0. The van der Waals surface area contributed by atoms with E-state index in [4.69, 9.17) is 0 Å². The predicted octanol–water partition coefficient (Wildman–Crippen LogP) is 1.29. The van der Waals surface area contributed by atoms with E-state index in [1.54, 1.807) is 0 Å². The molecule has 0 aromatic rings. The Morgan fingerprint density at radius 2 is 2.17 bits per heavy atom. The van der Waals surface area contributed by atoms with Crippen LogP contribution in [0.2, 0.25) is 0 Å². The number of hydrogen-bond acceptors (Lipinski definition) is 2. The Bertz CT molecular complexity index is 239. The molecule has 2 nitrogen and oxygen atoms in total. The maximum atomic E-state index is 12.8. The lowest BCUT2D eigenvalue weighted by Crippen LogP contribution is -2.20. The Balaban J connectivity index is 2.45. The van der Waals surface area contributed by atoms with Crippen LogP contribution in [0.4, 0.5) is 4.39 Å². The molecular formula is C8H13FO2S. The average molecular weight is 192 g/mol. The average Bonchev–Trinajstić information content (AvgIpc) is 1.96. The third-order valence-corrected chi connectivity index (χ3v) is 3.04. The van der Waals surface area contributed by atoms with Gasteiger partial charge in [0.05, 0.1) is 5.75 Å². The lowest BCUT2D eigenvalue weighted by molar-refractivity contribution is 0.283. The van der Waals surface area contributed by atoms with Gasteiger partial charge in [-0.15, -0.1) is 0 Å². The van der Waals surface area contributed by atoms with Crippen LogP contribution in [0.25, 0.3) is 0 Å². The second kappa shape index (κ2) is 4.03. The highest BCUT2D eigenvalue weighted by Gasteiger charge is 2.23. The number of halogens is 1. The third kappa shape index (κ3) is 2.59. The highest BCUT2D eigenvalue weighted by molar-refractivity contribution is 7.72. The van der Waals surface area contributed by atoms with Gasteiger partial charge in [-0.1, -0.05) is 6.58 Å². The molecule has 1 fully saturated rings. The van der Waals surface area contributed by atoms with Gasteiger partial charge in [0.25, 0.3) is 0 Å². The topological polar surface area (TPSA) is 34.1 Å². The Morgan fingerprint density at radius 1 is 1.50 bits per heavy atom. The minimum atomic E-state index is -2.32. The largest absolute Gasteiger partial charge is 0.243 e. The van der Waals surface area contributed by atoms with Crippen molar-refractivity contribution in [2.75, 3.05) is 5.75 Å². The van der Waals surface area contributed by atoms with E-state index in [-0.39, 0.29) is 11.7 Å². The normalized spacial score (nSPS) is 31.0. The van der Waals surface area contributed by atoms with Gasteiger partial charge in [0.15, 0.2) is 0 Å². The summed E-state index contributed by atoms with van der Waals surface area (Å²) in [6, 6.07) is 0. The van der Waals surface area contributed by atoms with E-state index >= 15 is 0 Å². The van der Waals surface area contributed by atoms with Crippen molar-refractivity contribution in [2.24, 2.45) is 5.92 Å². The summed E-state index contributed by atoms with van der Waals surface area (Å²) in [5, 5.41) is 0. The molecule has 0 aromatic heterocycles. The number of alkyl halides is 1. The van der Waals surface area contributed by atoms with Gasteiger partial charge in [-0.05, 0) is 30.8 Å². The Hall–Kier alpha value is -0.380. The summed E-state index contributed by atoms with van der Waals surface area (Å²) in [5.41, 5.74) is 0.558. The fourth-order valence-electron chi connectivity index (χ4n) is 1.55. The van der Waals surface area contributed by atoms with Gasteiger partial charge in [0, 0.05) is 0 Å². The zero-order valence-corrected chi connectivity index (χ0v) is 7.73. The molecule has 0 aliphatic heterocycles. The van der Waals surface area contributed by atoms with Crippen LogP contribution in [0.15, 0.2) is 12.2 Å². The molecule has 0 amide bonds. The lowest BCUT2D eigenvalue weighted by atomic mass is 9.86. The van der Waals surface area contributed by atoms with Crippen molar-refractivity contribution in [3.63, 3.8) is 0 Å². The Labute approximate surface area is 73.4 Å². The molecule has 0 aromatic carbocycles. The summed E-state index contributed by atoms with van der Waals surface area (Å²) < 4.78 is 33.6. The Morgan fingerprint density at radius 3 is 2.67 bits per heavy atom. The van der Waals surface area contributed by atoms with Crippen molar-refractivity contribution in [1.29, 1.82) is 0 Å². The van der Waals surface area contributed by atoms with Gasteiger partial charge in [0.1, 0.15) is 16.9 Å². The highest BCUT2D eigenvalue weighted by atomic mass is 32.2. The number of thiol groups is 1. The van der Waals surface area contributed by atoms with Crippen LogP contribution in [0.3, 0.4) is 0 Å². The van der Waals surface area contributed by atoms with E-state index in [1.807, 2.05) is 0 Å². The fraction of sp³-hybridized carbons (Fsp3) is 0.750. The van der Waals surface area contributed by atoms with Crippen molar-refractivity contribution >= 4 is 10.7 Å². The molecule has 0 saturated heterocycles. The van der Waals surface area contributed by atoms with Crippen molar-refractivity contribution in [2.45, 2.75) is 25.4 Å². The molecule has 0 spiro atoms. The monoisotopic (exact) mass is 192 g/mol. The first-order chi connectivity index (χ1) is 5.59. The van der Waals surface area contributed by atoms with Crippen LogP contribution >= 0.6 is 0 Å². The number of hydrogen-bond donors (Lipinski definition) is 1. The van der Waals surface area contributed by atoms with E-state index in [0.29, 0.717) is 24.8 Å². The van der Waals surface area contributed by atoms with Crippen LogP contribution in [-0.4, -0.2) is 20.3 Å². The zero-order chi connectivity index (χ0) is 9.14. The first-order valence-electron chi connectivity index (χ1n) is 4.03. The van der Waals surface area contributed by atoms with Crippen LogP contribution in [0.1, 0.15) is 19.3 Å². The maximum Gasteiger partial charge on any atom is 0.140 e. The smallest absolute Gasteiger partial charge is 0.140 e. The lowest BCUT2D eigenvalue weighted by Gasteiger charge is -2.24.